The highest BCUT2D eigenvalue weighted by atomic mass is 16.5. The Bertz CT molecular complexity index is 229. The number of carbonyl (C=O) groups is 1. The lowest BCUT2D eigenvalue weighted by Crippen LogP contribution is -2.44. The second-order valence-electron chi connectivity index (χ2n) is 4.69. The molecule has 2 aliphatic rings. The van der Waals surface area contributed by atoms with Crippen molar-refractivity contribution < 1.29 is 9.53 Å². The van der Waals surface area contributed by atoms with Gasteiger partial charge in [-0.3, -0.25) is 4.79 Å². The summed E-state index contributed by atoms with van der Waals surface area (Å²) in [5, 5.41) is 3.39. The smallest absolute Gasteiger partial charge is 0.322 e. The van der Waals surface area contributed by atoms with E-state index >= 15 is 0 Å². The van der Waals surface area contributed by atoms with Gasteiger partial charge in [0.15, 0.2) is 0 Å². The lowest BCUT2D eigenvalue weighted by Gasteiger charge is -2.25. The van der Waals surface area contributed by atoms with Crippen LogP contribution in [0, 0.1) is 11.8 Å². The molecule has 2 saturated carbocycles. The van der Waals surface area contributed by atoms with Crippen LogP contribution in [-0.2, 0) is 9.53 Å². The fourth-order valence-corrected chi connectivity index (χ4v) is 3.01. The normalized spacial score (nSPS) is 37.1. The molecule has 0 amide bonds. The Morgan fingerprint density at radius 3 is 2.71 bits per heavy atom. The van der Waals surface area contributed by atoms with Gasteiger partial charge in [0.2, 0.25) is 0 Å². The molecule has 0 radical (unpaired) electrons. The third-order valence-electron chi connectivity index (χ3n) is 3.76. The van der Waals surface area contributed by atoms with Gasteiger partial charge >= 0.3 is 5.97 Å². The maximum atomic E-state index is 11.2. The van der Waals surface area contributed by atoms with E-state index < -0.39 is 0 Å². The van der Waals surface area contributed by atoms with E-state index in [0.717, 1.165) is 11.8 Å². The van der Waals surface area contributed by atoms with Gasteiger partial charge in [-0.2, -0.15) is 0 Å². The van der Waals surface area contributed by atoms with Crippen LogP contribution in [0.5, 0.6) is 0 Å². The third kappa shape index (κ3) is 1.78. The molecule has 0 spiro atoms. The maximum absolute atomic E-state index is 11.2. The maximum Gasteiger partial charge on any atom is 0.322 e. The second kappa shape index (κ2) is 3.89. The monoisotopic (exact) mass is 197 g/mol. The van der Waals surface area contributed by atoms with Crippen molar-refractivity contribution >= 4 is 5.97 Å². The van der Waals surface area contributed by atoms with E-state index in [2.05, 4.69) is 5.32 Å². The average molecular weight is 197 g/mol. The summed E-state index contributed by atoms with van der Waals surface area (Å²) in [4.78, 5) is 11.2. The van der Waals surface area contributed by atoms with E-state index in [-0.39, 0.29) is 12.0 Å². The summed E-state index contributed by atoms with van der Waals surface area (Å²) in [5.41, 5.74) is 0. The summed E-state index contributed by atoms with van der Waals surface area (Å²) in [6.45, 7) is 1.89. The van der Waals surface area contributed by atoms with Gasteiger partial charge in [-0.15, -0.1) is 0 Å². The van der Waals surface area contributed by atoms with E-state index in [1.807, 2.05) is 6.92 Å². The van der Waals surface area contributed by atoms with Crippen LogP contribution < -0.4 is 5.32 Å². The van der Waals surface area contributed by atoms with Crippen molar-refractivity contribution in [3.05, 3.63) is 0 Å². The molecule has 0 aliphatic heterocycles. The Morgan fingerprint density at radius 2 is 2.21 bits per heavy atom. The van der Waals surface area contributed by atoms with Gasteiger partial charge in [-0.05, 0) is 38.0 Å². The molecule has 3 heteroatoms. The summed E-state index contributed by atoms with van der Waals surface area (Å²) in [6, 6.07) is 0.409. The van der Waals surface area contributed by atoms with E-state index in [4.69, 9.17) is 4.74 Å². The van der Waals surface area contributed by atoms with Crippen LogP contribution in [0.25, 0.3) is 0 Å². The van der Waals surface area contributed by atoms with Crippen LogP contribution in [-0.4, -0.2) is 25.2 Å². The molecular formula is C11H19NO2. The van der Waals surface area contributed by atoms with E-state index in [9.17, 15) is 4.79 Å². The standard InChI is InChI=1S/C11H19NO2/c1-7(11(13)14-2)12-10-6-8-3-4-9(10)5-8/h7-10,12H,3-6H2,1-2H3/t7-,8?,9?,10?/m0/s1. The van der Waals surface area contributed by atoms with Crippen LogP contribution in [0.4, 0.5) is 0 Å². The van der Waals surface area contributed by atoms with Gasteiger partial charge in [0.25, 0.3) is 0 Å². The number of esters is 1. The van der Waals surface area contributed by atoms with Crippen LogP contribution in [0.15, 0.2) is 0 Å². The van der Waals surface area contributed by atoms with Crippen LogP contribution in [0.1, 0.15) is 32.6 Å². The molecule has 3 unspecified atom stereocenters. The Balaban J connectivity index is 1.83. The van der Waals surface area contributed by atoms with Gasteiger partial charge in [0.1, 0.15) is 6.04 Å². The number of nitrogens with one attached hydrogen (secondary N) is 1. The highest BCUT2D eigenvalue weighted by Crippen LogP contribution is 2.44. The van der Waals surface area contributed by atoms with Crippen LogP contribution in [0.2, 0.25) is 0 Å². The number of ether oxygens (including phenoxy) is 1. The first kappa shape index (κ1) is 9.97. The third-order valence-corrected chi connectivity index (χ3v) is 3.76. The van der Waals surface area contributed by atoms with Crippen LogP contribution >= 0.6 is 0 Å². The van der Waals surface area contributed by atoms with Gasteiger partial charge < -0.3 is 10.1 Å². The van der Waals surface area contributed by atoms with Crippen molar-refractivity contribution in [2.75, 3.05) is 7.11 Å². The first-order valence-corrected chi connectivity index (χ1v) is 5.54. The fourth-order valence-electron chi connectivity index (χ4n) is 3.01. The van der Waals surface area contributed by atoms with Gasteiger partial charge in [0.05, 0.1) is 7.11 Å². The Labute approximate surface area is 85.2 Å². The topological polar surface area (TPSA) is 38.3 Å². The van der Waals surface area contributed by atoms with E-state index in [1.54, 1.807) is 0 Å². The number of hydrogen-bond acceptors (Lipinski definition) is 3. The molecule has 1 N–H and O–H groups in total. The molecule has 2 bridgehead atoms. The first-order valence-electron chi connectivity index (χ1n) is 5.54. The molecule has 0 heterocycles. The molecule has 80 valence electrons. The van der Waals surface area contributed by atoms with Gasteiger partial charge in [0, 0.05) is 6.04 Å². The molecule has 0 aromatic carbocycles. The van der Waals surface area contributed by atoms with E-state index in [0.29, 0.717) is 6.04 Å². The summed E-state index contributed by atoms with van der Waals surface area (Å²) in [6.07, 6.45) is 5.36. The molecule has 2 aliphatic carbocycles. The zero-order valence-electron chi connectivity index (χ0n) is 8.95. The fraction of sp³-hybridized carbons (Fsp3) is 0.909. The predicted octanol–water partition coefficient (Wildman–Crippen LogP) is 1.33. The van der Waals surface area contributed by atoms with Crippen molar-refractivity contribution in [1.29, 1.82) is 0 Å². The quantitative estimate of drug-likeness (QED) is 0.694. The number of methoxy groups -OCH3 is 1. The lowest BCUT2D eigenvalue weighted by molar-refractivity contribution is -0.142. The first-order chi connectivity index (χ1) is 6.70. The molecule has 2 fully saturated rings. The minimum atomic E-state index is -0.149. The zero-order chi connectivity index (χ0) is 10.1. The van der Waals surface area contributed by atoms with Crippen molar-refractivity contribution in [3.8, 4) is 0 Å². The SMILES string of the molecule is COC(=O)[C@H](C)NC1CC2CCC1C2. The minimum Gasteiger partial charge on any atom is -0.468 e. The van der Waals surface area contributed by atoms with Crippen molar-refractivity contribution in [2.45, 2.75) is 44.7 Å². The largest absolute Gasteiger partial charge is 0.468 e. The summed E-state index contributed by atoms with van der Waals surface area (Å²) >= 11 is 0. The van der Waals surface area contributed by atoms with Crippen molar-refractivity contribution in [3.63, 3.8) is 0 Å². The highest BCUT2D eigenvalue weighted by molar-refractivity contribution is 5.75. The summed E-state index contributed by atoms with van der Waals surface area (Å²) in [5.74, 6) is 1.59. The van der Waals surface area contributed by atoms with Crippen molar-refractivity contribution in [2.24, 2.45) is 11.8 Å². The predicted molar refractivity (Wildman–Crippen MR) is 53.8 cm³/mol. The molecule has 4 atom stereocenters. The molecule has 0 saturated heterocycles. The number of carbonyl (C=O) groups excluding carboxylic acids is 1. The average Bonchev–Trinajstić information content (AvgIpc) is 2.77. The molecule has 14 heavy (non-hydrogen) atoms. The summed E-state index contributed by atoms with van der Waals surface area (Å²) in [7, 11) is 1.45. The Hall–Kier alpha value is -0.570. The molecule has 0 aromatic heterocycles. The number of rotatable bonds is 3. The van der Waals surface area contributed by atoms with Gasteiger partial charge in [-0.1, -0.05) is 6.42 Å². The lowest BCUT2D eigenvalue weighted by atomic mass is 9.95. The van der Waals surface area contributed by atoms with E-state index in [1.165, 1.54) is 32.8 Å². The molecule has 0 aromatic rings. The van der Waals surface area contributed by atoms with Crippen LogP contribution in [0.3, 0.4) is 0 Å². The summed E-state index contributed by atoms with van der Waals surface area (Å²) < 4.78 is 4.70. The zero-order valence-corrected chi connectivity index (χ0v) is 8.95. The number of hydrogen-bond donors (Lipinski definition) is 1. The highest BCUT2D eigenvalue weighted by Gasteiger charge is 2.40. The van der Waals surface area contributed by atoms with Gasteiger partial charge in [-0.25, -0.2) is 0 Å². The second-order valence-corrected chi connectivity index (χ2v) is 4.69. The van der Waals surface area contributed by atoms with Crippen molar-refractivity contribution in [1.82, 2.24) is 5.32 Å². The Morgan fingerprint density at radius 1 is 1.43 bits per heavy atom. The minimum absolute atomic E-state index is 0.146. The molecule has 2 rings (SSSR count). The molecule has 3 nitrogen and oxygen atoms in total. The number of fused-ring (bicyclic) bond motifs is 2. The molecular weight excluding hydrogens is 178 g/mol. The Kier molecular flexibility index (Phi) is 2.77.